The van der Waals surface area contributed by atoms with E-state index in [0.717, 1.165) is 11.4 Å². The number of aryl methyl sites for hydroxylation is 2. The molecular formula is C19H18N4O3. The lowest BCUT2D eigenvalue weighted by Crippen LogP contribution is -2.21. The minimum absolute atomic E-state index is 0.0984. The molecule has 0 saturated carbocycles. The van der Waals surface area contributed by atoms with Crippen molar-refractivity contribution in [3.05, 3.63) is 70.0 Å². The molecule has 0 saturated heterocycles. The van der Waals surface area contributed by atoms with Crippen molar-refractivity contribution in [1.29, 1.82) is 0 Å². The number of nitrogens with one attached hydrogen (secondary N) is 1. The van der Waals surface area contributed by atoms with Crippen molar-refractivity contribution in [1.82, 2.24) is 9.78 Å². The zero-order valence-electron chi connectivity index (χ0n) is 14.4. The molecule has 0 bridgehead atoms. The number of aromatic hydroxyl groups is 1. The molecular weight excluding hydrogens is 332 g/mol. The summed E-state index contributed by atoms with van der Waals surface area (Å²) >= 11 is 0. The second-order valence-electron chi connectivity index (χ2n) is 6.26. The summed E-state index contributed by atoms with van der Waals surface area (Å²) in [4.78, 5) is 17.1. The van der Waals surface area contributed by atoms with Crippen molar-refractivity contribution in [2.45, 2.75) is 19.4 Å². The Morgan fingerprint density at radius 2 is 2.12 bits per heavy atom. The van der Waals surface area contributed by atoms with Crippen molar-refractivity contribution in [2.24, 2.45) is 12.0 Å². The number of hydrogen-bond donors (Lipinski definition) is 2. The van der Waals surface area contributed by atoms with Crippen molar-refractivity contribution in [2.75, 3.05) is 5.32 Å². The lowest BCUT2D eigenvalue weighted by atomic mass is 10.0. The number of aliphatic imine (C=N–C) groups is 1. The highest BCUT2D eigenvalue weighted by Crippen LogP contribution is 2.35. The molecule has 1 atom stereocenters. The van der Waals surface area contributed by atoms with Crippen LogP contribution in [0.5, 0.6) is 5.75 Å². The lowest BCUT2D eigenvalue weighted by molar-refractivity contribution is 0.432. The standard InChI is InChI=1S/C19H18N4O3/c1-11-9-17(24)18(19(25)26-11)15-10-14(16-7-8-20-23(16)2)21-12-5-3-4-6-13(12)22-15/h3-9,14,21,24H,10H2,1-2H3. The maximum Gasteiger partial charge on any atom is 0.348 e. The van der Waals surface area contributed by atoms with Crippen molar-refractivity contribution < 1.29 is 9.52 Å². The average Bonchev–Trinajstić information content (AvgIpc) is 2.91. The van der Waals surface area contributed by atoms with Crippen LogP contribution in [0, 0.1) is 6.92 Å². The molecule has 0 fully saturated rings. The molecule has 2 N–H and O–H groups in total. The van der Waals surface area contributed by atoms with E-state index in [1.165, 1.54) is 6.07 Å². The normalized spacial score (nSPS) is 16.4. The number of fused-ring (bicyclic) bond motifs is 1. The molecule has 132 valence electrons. The molecule has 0 radical (unpaired) electrons. The summed E-state index contributed by atoms with van der Waals surface area (Å²) in [5.41, 5.74) is 2.48. The van der Waals surface area contributed by atoms with Crippen LogP contribution in [0.1, 0.15) is 29.5 Å². The molecule has 1 aliphatic rings. The van der Waals surface area contributed by atoms with Crippen LogP contribution in [0.3, 0.4) is 0 Å². The van der Waals surface area contributed by atoms with E-state index in [4.69, 9.17) is 4.42 Å². The molecule has 1 aliphatic heterocycles. The topological polar surface area (TPSA) is 92.7 Å². The van der Waals surface area contributed by atoms with Gasteiger partial charge in [-0.2, -0.15) is 5.10 Å². The van der Waals surface area contributed by atoms with Gasteiger partial charge in [-0.05, 0) is 25.1 Å². The second-order valence-corrected chi connectivity index (χ2v) is 6.26. The fraction of sp³-hybridized carbons (Fsp3) is 0.211. The maximum absolute atomic E-state index is 12.4. The van der Waals surface area contributed by atoms with Gasteiger partial charge in [0.05, 0.1) is 28.8 Å². The third kappa shape index (κ3) is 2.77. The van der Waals surface area contributed by atoms with Gasteiger partial charge in [0.1, 0.15) is 17.1 Å². The van der Waals surface area contributed by atoms with E-state index in [-0.39, 0.29) is 17.4 Å². The van der Waals surface area contributed by atoms with Gasteiger partial charge in [0.15, 0.2) is 0 Å². The van der Waals surface area contributed by atoms with Gasteiger partial charge in [-0.3, -0.25) is 9.67 Å². The van der Waals surface area contributed by atoms with E-state index >= 15 is 0 Å². The van der Waals surface area contributed by atoms with Gasteiger partial charge in [-0.1, -0.05) is 12.1 Å². The summed E-state index contributed by atoms with van der Waals surface area (Å²) in [5.74, 6) is 0.229. The third-order valence-electron chi connectivity index (χ3n) is 4.45. The number of anilines is 1. The Labute approximate surface area is 149 Å². The Morgan fingerprint density at radius 1 is 1.31 bits per heavy atom. The molecule has 1 aromatic carbocycles. The number of para-hydroxylation sites is 2. The first kappa shape index (κ1) is 16.1. The zero-order valence-corrected chi connectivity index (χ0v) is 14.4. The number of rotatable bonds is 2. The predicted molar refractivity (Wildman–Crippen MR) is 98.2 cm³/mol. The molecule has 1 unspecified atom stereocenters. The highest BCUT2D eigenvalue weighted by molar-refractivity contribution is 6.05. The Kier molecular flexibility index (Phi) is 3.84. The van der Waals surface area contributed by atoms with Crippen LogP contribution in [-0.2, 0) is 7.05 Å². The van der Waals surface area contributed by atoms with Crippen LogP contribution < -0.4 is 10.9 Å². The van der Waals surface area contributed by atoms with Crippen molar-refractivity contribution >= 4 is 17.1 Å². The Morgan fingerprint density at radius 3 is 2.85 bits per heavy atom. The summed E-state index contributed by atoms with van der Waals surface area (Å²) < 4.78 is 6.96. The van der Waals surface area contributed by atoms with E-state index in [2.05, 4.69) is 15.4 Å². The first-order valence-corrected chi connectivity index (χ1v) is 8.28. The maximum atomic E-state index is 12.4. The van der Waals surface area contributed by atoms with Gasteiger partial charge in [0, 0.05) is 25.7 Å². The monoisotopic (exact) mass is 350 g/mol. The quantitative estimate of drug-likeness (QED) is 0.741. The fourth-order valence-electron chi connectivity index (χ4n) is 3.24. The largest absolute Gasteiger partial charge is 0.507 e. The highest BCUT2D eigenvalue weighted by atomic mass is 16.4. The van der Waals surface area contributed by atoms with Crippen LogP contribution in [0.15, 0.2) is 56.8 Å². The van der Waals surface area contributed by atoms with Crippen molar-refractivity contribution in [3.63, 3.8) is 0 Å². The Hall–Kier alpha value is -3.35. The summed E-state index contributed by atoms with van der Waals surface area (Å²) in [6.45, 7) is 1.62. The van der Waals surface area contributed by atoms with Crippen LogP contribution in [0.4, 0.5) is 11.4 Å². The molecule has 0 amide bonds. The predicted octanol–water partition coefficient (Wildman–Crippen LogP) is 3.07. The van der Waals surface area contributed by atoms with Gasteiger partial charge in [-0.15, -0.1) is 0 Å². The molecule has 7 heteroatoms. The molecule has 4 rings (SSSR count). The summed E-state index contributed by atoms with van der Waals surface area (Å²) in [5, 5.41) is 18.0. The van der Waals surface area contributed by atoms with Gasteiger partial charge < -0.3 is 14.8 Å². The smallest absolute Gasteiger partial charge is 0.348 e. The van der Waals surface area contributed by atoms with Crippen LogP contribution >= 0.6 is 0 Å². The van der Waals surface area contributed by atoms with Gasteiger partial charge in [-0.25, -0.2) is 4.79 Å². The third-order valence-corrected chi connectivity index (χ3v) is 4.45. The van der Waals surface area contributed by atoms with Crippen LogP contribution in [-0.4, -0.2) is 20.6 Å². The molecule has 2 aromatic heterocycles. The van der Waals surface area contributed by atoms with E-state index in [1.807, 2.05) is 37.4 Å². The number of benzene rings is 1. The summed E-state index contributed by atoms with van der Waals surface area (Å²) in [7, 11) is 1.86. The number of hydrogen-bond acceptors (Lipinski definition) is 6. The molecule has 3 aromatic rings. The zero-order chi connectivity index (χ0) is 18.3. The van der Waals surface area contributed by atoms with Gasteiger partial charge >= 0.3 is 5.63 Å². The molecule has 0 spiro atoms. The first-order chi connectivity index (χ1) is 12.5. The van der Waals surface area contributed by atoms with E-state index in [9.17, 15) is 9.90 Å². The Bertz CT molecular complexity index is 1060. The molecule has 26 heavy (non-hydrogen) atoms. The fourth-order valence-corrected chi connectivity index (χ4v) is 3.24. The SMILES string of the molecule is Cc1cc(O)c(C2=Nc3ccccc3NC(c3ccnn3C)C2)c(=O)o1. The minimum Gasteiger partial charge on any atom is -0.507 e. The van der Waals surface area contributed by atoms with Crippen molar-refractivity contribution in [3.8, 4) is 5.75 Å². The van der Waals surface area contributed by atoms with E-state index in [1.54, 1.807) is 17.8 Å². The summed E-state index contributed by atoms with van der Waals surface area (Å²) in [6, 6.07) is 10.8. The molecule has 3 heterocycles. The van der Waals surface area contributed by atoms with Gasteiger partial charge in [0.25, 0.3) is 0 Å². The van der Waals surface area contributed by atoms with E-state index < -0.39 is 5.63 Å². The van der Waals surface area contributed by atoms with Gasteiger partial charge in [0.2, 0.25) is 0 Å². The Balaban J connectivity index is 1.90. The lowest BCUT2D eigenvalue weighted by Gasteiger charge is -2.19. The minimum atomic E-state index is -0.593. The summed E-state index contributed by atoms with van der Waals surface area (Å²) in [6.07, 6.45) is 2.12. The molecule has 7 nitrogen and oxygen atoms in total. The number of nitrogens with zero attached hydrogens (tertiary/aromatic N) is 3. The highest BCUT2D eigenvalue weighted by Gasteiger charge is 2.26. The van der Waals surface area contributed by atoms with Crippen LogP contribution in [0.2, 0.25) is 0 Å². The second kappa shape index (κ2) is 6.18. The molecule has 0 aliphatic carbocycles. The number of aromatic nitrogens is 2. The average molecular weight is 350 g/mol. The first-order valence-electron chi connectivity index (χ1n) is 8.28. The van der Waals surface area contributed by atoms with Crippen LogP contribution in [0.25, 0.3) is 0 Å². The van der Waals surface area contributed by atoms with E-state index in [0.29, 0.717) is 23.6 Å².